The van der Waals surface area contributed by atoms with E-state index in [1.807, 2.05) is 0 Å². The molecule has 0 saturated carbocycles. The van der Waals surface area contributed by atoms with Crippen LogP contribution >= 0.6 is 12.2 Å². The molecule has 0 spiro atoms. The number of alkyl halides is 3. The summed E-state index contributed by atoms with van der Waals surface area (Å²) >= 11 is 5.13. The van der Waals surface area contributed by atoms with Gasteiger partial charge in [-0.05, 0) is 36.8 Å². The van der Waals surface area contributed by atoms with Gasteiger partial charge in [0.25, 0.3) is 0 Å². The first-order valence-electron chi connectivity index (χ1n) is 10.5. The van der Waals surface area contributed by atoms with Gasteiger partial charge in [-0.1, -0.05) is 18.3 Å². The van der Waals surface area contributed by atoms with Crippen molar-refractivity contribution >= 4 is 34.8 Å². The van der Waals surface area contributed by atoms with E-state index in [0.717, 1.165) is 38.2 Å². The van der Waals surface area contributed by atoms with Crippen LogP contribution in [0.2, 0.25) is 0 Å². The molecule has 12 heteroatoms. The largest absolute Gasteiger partial charge is 0.572 e. The molecule has 8 nitrogen and oxygen atoms in total. The maximum Gasteiger partial charge on any atom is 0.572 e. The second kappa shape index (κ2) is 10.9. The highest BCUT2D eigenvalue weighted by Crippen LogP contribution is 2.28. The number of hydrogen-bond acceptors (Lipinski definition) is 7. The van der Waals surface area contributed by atoms with Gasteiger partial charge >= 0.3 is 6.36 Å². The number of rotatable bonds is 5. The van der Waals surface area contributed by atoms with Crippen molar-refractivity contribution in [3.8, 4) is 0 Å². The third kappa shape index (κ3) is 7.59. The topological polar surface area (TPSA) is 104 Å². The molecule has 0 aromatic heterocycles. The summed E-state index contributed by atoms with van der Waals surface area (Å²) in [7, 11) is 0. The molecule has 0 bridgehead atoms. The average Bonchev–Trinajstić information content (AvgIpc) is 2.74. The molecule has 0 aromatic carbocycles. The number of nitrogens with two attached hydrogens (primary N) is 1. The molecule has 2 heterocycles. The van der Waals surface area contributed by atoms with Crippen molar-refractivity contribution in [1.82, 2.24) is 15.6 Å². The Hall–Kier alpha value is -2.47. The summed E-state index contributed by atoms with van der Waals surface area (Å²) in [6.45, 7) is 1.74. The number of carbonyl (C=O) groups excluding carboxylic acids is 1. The Morgan fingerprint density at radius 2 is 2.00 bits per heavy atom. The van der Waals surface area contributed by atoms with Crippen molar-refractivity contribution in [1.29, 1.82) is 0 Å². The van der Waals surface area contributed by atoms with Crippen molar-refractivity contribution in [3.05, 3.63) is 23.5 Å². The van der Waals surface area contributed by atoms with Crippen LogP contribution in [0.4, 0.5) is 13.2 Å². The van der Waals surface area contributed by atoms with E-state index in [9.17, 15) is 18.0 Å². The summed E-state index contributed by atoms with van der Waals surface area (Å²) in [4.78, 5) is 15.2. The fourth-order valence-electron chi connectivity index (χ4n) is 3.95. The lowest BCUT2D eigenvalue weighted by Gasteiger charge is -2.34. The molecular weight excluding hydrogens is 445 g/mol. The molecule has 0 unspecified atom stereocenters. The first kappa shape index (κ1) is 24.2. The number of piperidine rings is 1. The smallest absolute Gasteiger partial charge is 0.410 e. The predicted octanol–water partition coefficient (Wildman–Crippen LogP) is 3.03. The number of amidine groups is 2. The number of hydrazine groups is 1. The third-order valence-corrected chi connectivity index (χ3v) is 5.81. The van der Waals surface area contributed by atoms with Crippen LogP contribution in [0.3, 0.4) is 0 Å². The normalized spacial score (nSPS) is 19.9. The zero-order valence-corrected chi connectivity index (χ0v) is 18.4. The fraction of sp³-hybridized carbons (Fsp3) is 0.600. The molecule has 1 fully saturated rings. The number of hydrogen-bond donors (Lipinski definition) is 3. The molecule has 3 rings (SSSR count). The van der Waals surface area contributed by atoms with Crippen molar-refractivity contribution in [3.63, 3.8) is 0 Å². The van der Waals surface area contributed by atoms with Crippen molar-refractivity contribution in [2.24, 2.45) is 22.0 Å². The highest BCUT2D eigenvalue weighted by Gasteiger charge is 2.32. The highest BCUT2D eigenvalue weighted by molar-refractivity contribution is 7.80. The van der Waals surface area contributed by atoms with Crippen LogP contribution in [0.1, 0.15) is 51.4 Å². The molecule has 0 atom stereocenters. The van der Waals surface area contributed by atoms with Gasteiger partial charge in [0.15, 0.2) is 0 Å². The Morgan fingerprint density at radius 1 is 1.25 bits per heavy atom. The first-order valence-corrected chi connectivity index (χ1v) is 11.0. The van der Waals surface area contributed by atoms with Crippen LogP contribution in [-0.4, -0.2) is 46.9 Å². The average molecular weight is 473 g/mol. The number of likely N-dealkylation sites (tertiary alicyclic amines) is 1. The van der Waals surface area contributed by atoms with Gasteiger partial charge in [0, 0.05) is 38.8 Å². The Kier molecular flexibility index (Phi) is 8.24. The summed E-state index contributed by atoms with van der Waals surface area (Å²) < 4.78 is 41.1. The first-order chi connectivity index (χ1) is 15.2. The number of halogens is 3. The lowest BCUT2D eigenvalue weighted by atomic mass is 9.93. The Labute approximate surface area is 189 Å². The van der Waals surface area contributed by atoms with Gasteiger partial charge in [0.2, 0.25) is 5.91 Å². The number of carbonyl (C=O) groups is 1. The molecule has 0 aromatic rings. The highest BCUT2D eigenvalue weighted by atomic mass is 32.1. The summed E-state index contributed by atoms with van der Waals surface area (Å²) in [5.41, 5.74) is 3.01. The molecule has 3 aliphatic rings. The lowest BCUT2D eigenvalue weighted by Crippen LogP contribution is -2.41. The molecule has 1 aliphatic carbocycles. The van der Waals surface area contributed by atoms with Gasteiger partial charge in [0.1, 0.15) is 17.4 Å². The van der Waals surface area contributed by atoms with E-state index in [2.05, 4.69) is 30.6 Å². The Morgan fingerprint density at radius 3 is 2.62 bits per heavy atom. The molecule has 4 N–H and O–H groups in total. The minimum Gasteiger partial charge on any atom is -0.410 e. The van der Waals surface area contributed by atoms with Gasteiger partial charge in [-0.3, -0.25) is 10.6 Å². The van der Waals surface area contributed by atoms with E-state index < -0.39 is 6.36 Å². The van der Waals surface area contributed by atoms with E-state index in [-0.39, 0.29) is 24.5 Å². The standard InChI is InChI=1S/C20H27F3N6O2S/c21-20(22,23)31-15-3-1-2-14(10-15)11-18(30)25-16-4-5-17(28-27-16)29-8-6-13(7-9-29)12-19(32)26-24/h2,10,13H,1,3-9,11-12,24H2,(H,26,32)(H,25,27,30). The maximum atomic E-state index is 12.4. The second-order valence-corrected chi connectivity index (χ2v) is 8.46. The molecule has 32 heavy (non-hydrogen) atoms. The van der Waals surface area contributed by atoms with Gasteiger partial charge < -0.3 is 20.4 Å². The Balaban J connectivity index is 1.46. The minimum absolute atomic E-state index is 0.0483. The van der Waals surface area contributed by atoms with E-state index in [1.54, 1.807) is 6.08 Å². The fourth-order valence-corrected chi connectivity index (χ4v) is 4.19. The quantitative estimate of drug-likeness (QED) is 0.323. The van der Waals surface area contributed by atoms with Crippen molar-refractivity contribution < 1.29 is 22.7 Å². The van der Waals surface area contributed by atoms with Crippen LogP contribution in [0.5, 0.6) is 0 Å². The number of ether oxygens (including phenoxy) is 1. The zero-order chi connectivity index (χ0) is 23.1. The predicted molar refractivity (Wildman–Crippen MR) is 118 cm³/mol. The maximum absolute atomic E-state index is 12.4. The SMILES string of the molecule is NNC(=S)CC1CCN(C2=NN=C(NC(=O)CC3=CCCC(OC(F)(F)F)=C3)CC2)CC1. The molecule has 1 saturated heterocycles. The van der Waals surface area contributed by atoms with Crippen LogP contribution in [0.15, 0.2) is 33.7 Å². The number of allylic oxidation sites excluding steroid dienone is 3. The van der Waals surface area contributed by atoms with E-state index >= 15 is 0 Å². The van der Waals surface area contributed by atoms with Crippen LogP contribution in [0, 0.1) is 5.92 Å². The molecule has 1 amide bonds. The summed E-state index contributed by atoms with van der Waals surface area (Å²) in [5.74, 6) is 6.67. The van der Waals surface area contributed by atoms with Gasteiger partial charge in [0.05, 0.1) is 11.4 Å². The van der Waals surface area contributed by atoms with E-state index in [1.165, 1.54) is 6.08 Å². The summed E-state index contributed by atoms with van der Waals surface area (Å²) in [6, 6.07) is 0. The van der Waals surface area contributed by atoms with Crippen molar-refractivity contribution in [2.45, 2.75) is 57.7 Å². The summed E-state index contributed by atoms with van der Waals surface area (Å²) in [6.07, 6.45) is 2.77. The van der Waals surface area contributed by atoms with Crippen LogP contribution in [-0.2, 0) is 9.53 Å². The van der Waals surface area contributed by atoms with Gasteiger partial charge in [-0.15, -0.1) is 23.4 Å². The number of nitrogens with zero attached hydrogens (tertiary/aromatic N) is 3. The molecule has 0 radical (unpaired) electrons. The van der Waals surface area contributed by atoms with E-state index in [4.69, 9.17) is 18.1 Å². The zero-order valence-electron chi connectivity index (χ0n) is 17.6. The number of nitrogens with one attached hydrogen (secondary N) is 2. The summed E-state index contributed by atoms with van der Waals surface area (Å²) in [5, 5.41) is 11.1. The Bertz CT molecular complexity index is 845. The lowest BCUT2D eigenvalue weighted by molar-refractivity contribution is -0.306. The van der Waals surface area contributed by atoms with Gasteiger partial charge in [-0.2, -0.15) is 0 Å². The van der Waals surface area contributed by atoms with Crippen LogP contribution < -0.4 is 16.6 Å². The molecular formula is C20H27F3N6O2S. The van der Waals surface area contributed by atoms with E-state index in [0.29, 0.717) is 41.6 Å². The third-order valence-electron chi connectivity index (χ3n) is 5.53. The molecule has 2 aliphatic heterocycles. The van der Waals surface area contributed by atoms with Gasteiger partial charge in [-0.25, -0.2) is 0 Å². The molecule has 176 valence electrons. The van der Waals surface area contributed by atoms with Crippen LogP contribution in [0.25, 0.3) is 0 Å². The van der Waals surface area contributed by atoms with Crippen molar-refractivity contribution in [2.75, 3.05) is 13.1 Å². The number of amides is 1. The number of thiocarbonyl (C=S) groups is 1. The second-order valence-electron chi connectivity index (χ2n) is 7.97. The minimum atomic E-state index is -4.73. The monoisotopic (exact) mass is 472 g/mol.